The Balaban J connectivity index is 2.06. The number of hydrogen-bond donors (Lipinski definition) is 1. The summed E-state index contributed by atoms with van der Waals surface area (Å²) in [6.07, 6.45) is 3.68. The maximum atomic E-state index is 11.2. The van der Waals surface area contributed by atoms with Gasteiger partial charge in [0.05, 0.1) is 0 Å². The summed E-state index contributed by atoms with van der Waals surface area (Å²) in [5.41, 5.74) is 1.31. The molecular weight excluding hydrogens is 194 g/mol. The Morgan fingerprint density at radius 3 is 3.07 bits per heavy atom. The van der Waals surface area contributed by atoms with Gasteiger partial charge in [-0.1, -0.05) is 13.3 Å². The molecule has 2 nitrogen and oxygen atoms in total. The average molecular weight is 211 g/mol. The predicted octanol–water partition coefficient (Wildman–Crippen LogP) is 2.60. The molecule has 78 valence electrons. The monoisotopic (exact) mass is 211 g/mol. The van der Waals surface area contributed by atoms with Gasteiger partial charge in [0.15, 0.2) is 0 Å². The summed E-state index contributed by atoms with van der Waals surface area (Å²) in [7, 11) is 0. The van der Waals surface area contributed by atoms with Crippen LogP contribution in [0.15, 0.2) is 16.8 Å². The second-order valence-corrected chi connectivity index (χ2v) is 4.12. The molecule has 0 fully saturated rings. The summed E-state index contributed by atoms with van der Waals surface area (Å²) in [6, 6.07) is 2.10. The maximum Gasteiger partial charge on any atom is 0.220 e. The minimum absolute atomic E-state index is 0.182. The van der Waals surface area contributed by atoms with Crippen molar-refractivity contribution in [2.45, 2.75) is 32.6 Å². The van der Waals surface area contributed by atoms with Crippen LogP contribution in [-0.2, 0) is 11.2 Å². The molecule has 0 aliphatic rings. The van der Waals surface area contributed by atoms with Gasteiger partial charge in [0.2, 0.25) is 5.91 Å². The molecule has 0 aromatic carbocycles. The minimum atomic E-state index is 0.182. The molecule has 0 saturated heterocycles. The summed E-state index contributed by atoms with van der Waals surface area (Å²) in [6.45, 7) is 2.86. The minimum Gasteiger partial charge on any atom is -0.356 e. The molecule has 0 spiro atoms. The SMILES string of the molecule is CCCCC(=O)NCCc1ccsc1. The molecule has 1 aromatic heterocycles. The molecule has 0 aliphatic carbocycles. The molecule has 14 heavy (non-hydrogen) atoms. The van der Waals surface area contributed by atoms with Crippen LogP contribution in [0.25, 0.3) is 0 Å². The summed E-state index contributed by atoms with van der Waals surface area (Å²) in [5, 5.41) is 7.11. The molecule has 0 bridgehead atoms. The van der Waals surface area contributed by atoms with Crippen molar-refractivity contribution in [3.05, 3.63) is 22.4 Å². The summed E-state index contributed by atoms with van der Waals surface area (Å²) in [4.78, 5) is 11.2. The van der Waals surface area contributed by atoms with Crippen LogP contribution in [-0.4, -0.2) is 12.5 Å². The zero-order valence-electron chi connectivity index (χ0n) is 8.58. The highest BCUT2D eigenvalue weighted by molar-refractivity contribution is 7.07. The Kier molecular flexibility index (Phi) is 5.30. The van der Waals surface area contributed by atoms with Gasteiger partial charge in [0.25, 0.3) is 0 Å². The molecule has 0 unspecified atom stereocenters. The van der Waals surface area contributed by atoms with Gasteiger partial charge in [0, 0.05) is 13.0 Å². The fraction of sp³-hybridized carbons (Fsp3) is 0.545. The number of thiophene rings is 1. The Bertz CT molecular complexity index is 256. The van der Waals surface area contributed by atoms with Crippen molar-refractivity contribution >= 4 is 17.2 Å². The molecule has 1 rings (SSSR count). The van der Waals surface area contributed by atoms with Gasteiger partial charge in [-0.3, -0.25) is 4.79 Å². The van der Waals surface area contributed by atoms with E-state index in [1.54, 1.807) is 11.3 Å². The van der Waals surface area contributed by atoms with Crippen molar-refractivity contribution in [1.29, 1.82) is 0 Å². The van der Waals surface area contributed by atoms with Crippen molar-refractivity contribution in [3.8, 4) is 0 Å². The zero-order chi connectivity index (χ0) is 10.2. The normalized spacial score (nSPS) is 10.1. The third-order valence-corrected chi connectivity index (χ3v) is 2.81. The van der Waals surface area contributed by atoms with Crippen LogP contribution in [0.1, 0.15) is 31.7 Å². The van der Waals surface area contributed by atoms with Crippen molar-refractivity contribution in [2.24, 2.45) is 0 Å². The number of amides is 1. The molecule has 3 heteroatoms. The first-order valence-corrected chi connectivity index (χ1v) is 6.05. The van der Waals surface area contributed by atoms with Crippen LogP contribution in [0.2, 0.25) is 0 Å². The van der Waals surface area contributed by atoms with Gasteiger partial charge < -0.3 is 5.32 Å². The Hall–Kier alpha value is -0.830. The van der Waals surface area contributed by atoms with Crippen LogP contribution >= 0.6 is 11.3 Å². The number of nitrogens with one attached hydrogen (secondary N) is 1. The average Bonchev–Trinajstić information content (AvgIpc) is 2.67. The Morgan fingerprint density at radius 2 is 2.43 bits per heavy atom. The molecule has 0 atom stereocenters. The molecular formula is C11H17NOS. The van der Waals surface area contributed by atoms with Gasteiger partial charge in [-0.2, -0.15) is 11.3 Å². The molecule has 0 radical (unpaired) electrons. The zero-order valence-corrected chi connectivity index (χ0v) is 9.40. The highest BCUT2D eigenvalue weighted by Crippen LogP contribution is 2.05. The van der Waals surface area contributed by atoms with Crippen molar-refractivity contribution in [3.63, 3.8) is 0 Å². The van der Waals surface area contributed by atoms with E-state index < -0.39 is 0 Å². The molecule has 1 aromatic rings. The van der Waals surface area contributed by atoms with E-state index in [4.69, 9.17) is 0 Å². The summed E-state index contributed by atoms with van der Waals surface area (Å²) >= 11 is 1.70. The van der Waals surface area contributed by atoms with Crippen molar-refractivity contribution in [2.75, 3.05) is 6.54 Å². The third kappa shape index (κ3) is 4.42. The Labute approximate surface area is 89.3 Å². The van der Waals surface area contributed by atoms with Crippen LogP contribution in [0.4, 0.5) is 0 Å². The molecule has 1 heterocycles. The third-order valence-electron chi connectivity index (χ3n) is 2.07. The topological polar surface area (TPSA) is 29.1 Å². The first kappa shape index (κ1) is 11.2. The van der Waals surface area contributed by atoms with E-state index in [9.17, 15) is 4.79 Å². The van der Waals surface area contributed by atoms with E-state index in [0.717, 1.165) is 25.8 Å². The first-order chi connectivity index (χ1) is 6.83. The number of carbonyl (C=O) groups excluding carboxylic acids is 1. The summed E-state index contributed by atoms with van der Waals surface area (Å²) in [5.74, 6) is 0.182. The second-order valence-electron chi connectivity index (χ2n) is 3.34. The second kappa shape index (κ2) is 6.60. The number of unbranched alkanes of at least 4 members (excludes halogenated alkanes) is 1. The lowest BCUT2D eigenvalue weighted by Gasteiger charge is -2.02. The molecule has 0 saturated carbocycles. The Morgan fingerprint density at radius 1 is 1.57 bits per heavy atom. The molecule has 1 N–H and O–H groups in total. The lowest BCUT2D eigenvalue weighted by atomic mass is 10.2. The predicted molar refractivity (Wildman–Crippen MR) is 60.6 cm³/mol. The van der Waals surface area contributed by atoms with E-state index in [0.29, 0.717) is 6.42 Å². The fourth-order valence-electron chi connectivity index (χ4n) is 1.21. The number of hydrogen-bond acceptors (Lipinski definition) is 2. The lowest BCUT2D eigenvalue weighted by Crippen LogP contribution is -2.25. The highest BCUT2D eigenvalue weighted by atomic mass is 32.1. The molecule has 1 amide bonds. The van der Waals surface area contributed by atoms with Gasteiger partial charge in [-0.15, -0.1) is 0 Å². The quantitative estimate of drug-likeness (QED) is 0.770. The standard InChI is InChI=1S/C11H17NOS/c1-2-3-4-11(13)12-7-5-10-6-8-14-9-10/h6,8-9H,2-5,7H2,1H3,(H,12,13). The lowest BCUT2D eigenvalue weighted by molar-refractivity contribution is -0.121. The first-order valence-electron chi connectivity index (χ1n) is 5.10. The van der Waals surface area contributed by atoms with Crippen LogP contribution in [0.3, 0.4) is 0 Å². The van der Waals surface area contributed by atoms with E-state index >= 15 is 0 Å². The maximum absolute atomic E-state index is 11.2. The van der Waals surface area contributed by atoms with E-state index in [2.05, 4.69) is 29.1 Å². The number of carbonyl (C=O) groups is 1. The van der Waals surface area contributed by atoms with Crippen LogP contribution < -0.4 is 5.32 Å². The van der Waals surface area contributed by atoms with Gasteiger partial charge in [-0.25, -0.2) is 0 Å². The van der Waals surface area contributed by atoms with E-state index in [-0.39, 0.29) is 5.91 Å². The van der Waals surface area contributed by atoms with Crippen LogP contribution in [0, 0.1) is 0 Å². The summed E-state index contributed by atoms with van der Waals surface area (Å²) < 4.78 is 0. The van der Waals surface area contributed by atoms with E-state index in [1.165, 1.54) is 5.56 Å². The van der Waals surface area contributed by atoms with Crippen LogP contribution in [0.5, 0.6) is 0 Å². The van der Waals surface area contributed by atoms with Gasteiger partial charge >= 0.3 is 0 Å². The van der Waals surface area contributed by atoms with Gasteiger partial charge in [-0.05, 0) is 35.2 Å². The van der Waals surface area contributed by atoms with Crippen molar-refractivity contribution < 1.29 is 4.79 Å². The largest absolute Gasteiger partial charge is 0.356 e. The highest BCUT2D eigenvalue weighted by Gasteiger charge is 1.99. The number of rotatable bonds is 6. The van der Waals surface area contributed by atoms with Crippen molar-refractivity contribution in [1.82, 2.24) is 5.32 Å². The smallest absolute Gasteiger partial charge is 0.220 e. The van der Waals surface area contributed by atoms with Gasteiger partial charge in [0.1, 0.15) is 0 Å². The fourth-order valence-corrected chi connectivity index (χ4v) is 1.91. The molecule has 0 aliphatic heterocycles. The van der Waals surface area contributed by atoms with E-state index in [1.807, 2.05) is 0 Å².